The van der Waals surface area contributed by atoms with Gasteiger partial charge in [-0.3, -0.25) is 0 Å². The highest BCUT2D eigenvalue weighted by Crippen LogP contribution is 2.25. The van der Waals surface area contributed by atoms with Crippen LogP contribution in [0.5, 0.6) is 11.5 Å². The number of hydrogen-bond donors (Lipinski definition) is 1. The molecule has 1 saturated heterocycles. The number of para-hydroxylation sites is 2. The molecule has 2 rings (SSSR count). The number of ether oxygens (including phenoxy) is 1. The normalized spacial score (nSPS) is 21.9. The lowest BCUT2D eigenvalue weighted by molar-refractivity contribution is 0.148. The molecule has 0 unspecified atom stereocenters. The van der Waals surface area contributed by atoms with Crippen LogP contribution in [0.15, 0.2) is 24.3 Å². The molecule has 1 aliphatic heterocycles. The van der Waals surface area contributed by atoms with E-state index in [1.807, 2.05) is 12.1 Å². The first-order valence-electron chi connectivity index (χ1n) is 5.85. The van der Waals surface area contributed by atoms with E-state index < -0.39 is 0 Å². The van der Waals surface area contributed by atoms with Gasteiger partial charge in [0.15, 0.2) is 11.5 Å². The summed E-state index contributed by atoms with van der Waals surface area (Å²) in [5, 5.41) is 9.56. The van der Waals surface area contributed by atoms with Crippen LogP contribution in [0.1, 0.15) is 12.8 Å². The molecule has 1 N–H and O–H groups in total. The Hall–Kier alpha value is -1.22. The summed E-state index contributed by atoms with van der Waals surface area (Å²) in [5.74, 6) is 1.40. The van der Waals surface area contributed by atoms with Crippen LogP contribution in [0.3, 0.4) is 0 Å². The van der Waals surface area contributed by atoms with Gasteiger partial charge in [0.25, 0.3) is 0 Å². The minimum Gasteiger partial charge on any atom is -0.504 e. The predicted molar refractivity (Wildman–Crippen MR) is 63.8 cm³/mol. The zero-order chi connectivity index (χ0) is 11.4. The lowest BCUT2D eigenvalue weighted by Gasteiger charge is -2.29. The largest absolute Gasteiger partial charge is 0.504 e. The minimum absolute atomic E-state index is 0.228. The Bertz CT molecular complexity index is 340. The van der Waals surface area contributed by atoms with Crippen molar-refractivity contribution in [3.05, 3.63) is 24.3 Å². The molecule has 1 aromatic rings. The lowest BCUT2D eigenvalue weighted by Crippen LogP contribution is -2.34. The molecule has 1 fully saturated rings. The van der Waals surface area contributed by atoms with Crippen molar-refractivity contribution in [3.63, 3.8) is 0 Å². The summed E-state index contributed by atoms with van der Waals surface area (Å²) in [6, 6.07) is 7.14. The Morgan fingerprint density at radius 3 is 3.00 bits per heavy atom. The van der Waals surface area contributed by atoms with Crippen molar-refractivity contribution in [2.45, 2.75) is 12.8 Å². The maximum absolute atomic E-state index is 9.56. The van der Waals surface area contributed by atoms with Gasteiger partial charge in [0.1, 0.15) is 0 Å². The number of rotatable bonds is 3. The second-order valence-electron chi connectivity index (χ2n) is 4.55. The molecule has 0 amide bonds. The number of piperidine rings is 1. The zero-order valence-corrected chi connectivity index (χ0v) is 9.72. The summed E-state index contributed by atoms with van der Waals surface area (Å²) in [6.07, 6.45) is 2.46. The van der Waals surface area contributed by atoms with Gasteiger partial charge in [-0.2, -0.15) is 0 Å². The van der Waals surface area contributed by atoms with Crippen LogP contribution in [0.25, 0.3) is 0 Å². The van der Waals surface area contributed by atoms with E-state index in [2.05, 4.69) is 11.9 Å². The van der Waals surface area contributed by atoms with Crippen molar-refractivity contribution in [1.29, 1.82) is 0 Å². The average molecular weight is 221 g/mol. The van der Waals surface area contributed by atoms with Gasteiger partial charge in [-0.05, 0) is 38.6 Å². The highest BCUT2D eigenvalue weighted by atomic mass is 16.5. The van der Waals surface area contributed by atoms with E-state index in [0.29, 0.717) is 18.3 Å². The molecule has 88 valence electrons. The Morgan fingerprint density at radius 2 is 2.25 bits per heavy atom. The second-order valence-corrected chi connectivity index (χ2v) is 4.55. The third-order valence-corrected chi connectivity index (χ3v) is 3.06. The quantitative estimate of drug-likeness (QED) is 0.848. The molecule has 0 bridgehead atoms. The van der Waals surface area contributed by atoms with E-state index in [4.69, 9.17) is 4.74 Å². The molecule has 0 spiro atoms. The van der Waals surface area contributed by atoms with Gasteiger partial charge in [-0.15, -0.1) is 0 Å². The summed E-state index contributed by atoms with van der Waals surface area (Å²) in [7, 11) is 2.14. The number of aromatic hydroxyl groups is 1. The Labute approximate surface area is 96.6 Å². The smallest absolute Gasteiger partial charge is 0.160 e. The third-order valence-electron chi connectivity index (χ3n) is 3.06. The molecule has 3 heteroatoms. The predicted octanol–water partition coefficient (Wildman–Crippen LogP) is 2.11. The molecule has 0 aromatic heterocycles. The van der Waals surface area contributed by atoms with Crippen molar-refractivity contribution < 1.29 is 9.84 Å². The first-order chi connectivity index (χ1) is 7.75. The fraction of sp³-hybridized carbons (Fsp3) is 0.538. The van der Waals surface area contributed by atoms with Gasteiger partial charge in [0, 0.05) is 12.5 Å². The number of likely N-dealkylation sites (tertiary alicyclic amines) is 1. The van der Waals surface area contributed by atoms with Crippen LogP contribution in [0.4, 0.5) is 0 Å². The van der Waals surface area contributed by atoms with Crippen molar-refractivity contribution in [2.75, 3.05) is 26.7 Å². The summed E-state index contributed by atoms with van der Waals surface area (Å²) in [6.45, 7) is 2.97. The molecule has 3 nitrogen and oxygen atoms in total. The van der Waals surface area contributed by atoms with E-state index in [9.17, 15) is 5.11 Å². The van der Waals surface area contributed by atoms with Gasteiger partial charge >= 0.3 is 0 Å². The van der Waals surface area contributed by atoms with Gasteiger partial charge in [0.2, 0.25) is 0 Å². The molecule has 1 atom stereocenters. The lowest BCUT2D eigenvalue weighted by atomic mass is 10.00. The van der Waals surface area contributed by atoms with Crippen LogP contribution in [0.2, 0.25) is 0 Å². The molecule has 0 aliphatic carbocycles. The summed E-state index contributed by atoms with van der Waals surface area (Å²) in [4.78, 5) is 2.34. The van der Waals surface area contributed by atoms with E-state index in [0.717, 1.165) is 6.54 Å². The molecule has 1 heterocycles. The summed E-state index contributed by atoms with van der Waals surface area (Å²) in [5.41, 5.74) is 0. The highest BCUT2D eigenvalue weighted by Gasteiger charge is 2.17. The Kier molecular flexibility index (Phi) is 3.67. The van der Waals surface area contributed by atoms with Crippen molar-refractivity contribution in [2.24, 2.45) is 5.92 Å². The molecular weight excluding hydrogens is 202 g/mol. The fourth-order valence-electron chi connectivity index (χ4n) is 2.20. The van der Waals surface area contributed by atoms with Crippen LogP contribution in [-0.4, -0.2) is 36.8 Å². The molecule has 16 heavy (non-hydrogen) atoms. The first-order valence-corrected chi connectivity index (χ1v) is 5.85. The van der Waals surface area contributed by atoms with Crippen molar-refractivity contribution >= 4 is 0 Å². The number of hydrogen-bond acceptors (Lipinski definition) is 3. The van der Waals surface area contributed by atoms with E-state index in [1.54, 1.807) is 12.1 Å². The first kappa shape index (κ1) is 11.3. The number of nitrogens with zero attached hydrogens (tertiary/aromatic N) is 1. The van der Waals surface area contributed by atoms with Crippen LogP contribution < -0.4 is 4.74 Å². The fourth-order valence-corrected chi connectivity index (χ4v) is 2.20. The maximum atomic E-state index is 9.56. The van der Waals surface area contributed by atoms with Gasteiger partial charge < -0.3 is 14.7 Å². The molecule has 1 aliphatic rings. The Morgan fingerprint density at radius 1 is 1.44 bits per heavy atom. The maximum Gasteiger partial charge on any atom is 0.160 e. The van der Waals surface area contributed by atoms with Crippen LogP contribution in [-0.2, 0) is 0 Å². The number of phenolic OH excluding ortho intramolecular Hbond substituents is 1. The molecule has 0 radical (unpaired) electrons. The number of benzene rings is 1. The summed E-state index contributed by atoms with van der Waals surface area (Å²) >= 11 is 0. The van der Waals surface area contributed by atoms with Crippen LogP contribution >= 0.6 is 0 Å². The Balaban J connectivity index is 1.85. The van der Waals surface area contributed by atoms with Gasteiger partial charge in [-0.1, -0.05) is 12.1 Å². The van der Waals surface area contributed by atoms with Crippen molar-refractivity contribution in [1.82, 2.24) is 4.90 Å². The number of phenols is 1. The molecule has 1 aromatic carbocycles. The van der Waals surface area contributed by atoms with Crippen LogP contribution in [0, 0.1) is 5.92 Å². The minimum atomic E-state index is 0.228. The van der Waals surface area contributed by atoms with E-state index >= 15 is 0 Å². The third kappa shape index (κ3) is 2.89. The topological polar surface area (TPSA) is 32.7 Å². The second kappa shape index (κ2) is 5.21. The summed E-state index contributed by atoms with van der Waals surface area (Å²) < 4.78 is 5.65. The standard InChI is InChI=1S/C13H19NO2/c1-14-8-4-5-11(9-14)10-16-13-7-3-2-6-12(13)15/h2-3,6-7,11,15H,4-5,8-10H2,1H3/t11-/m0/s1. The van der Waals surface area contributed by atoms with Gasteiger partial charge in [-0.25, -0.2) is 0 Å². The monoisotopic (exact) mass is 221 g/mol. The van der Waals surface area contributed by atoms with Gasteiger partial charge in [0.05, 0.1) is 6.61 Å². The SMILES string of the molecule is CN1CCC[C@H](COc2ccccc2O)C1. The van der Waals surface area contributed by atoms with E-state index in [-0.39, 0.29) is 5.75 Å². The van der Waals surface area contributed by atoms with E-state index in [1.165, 1.54) is 19.4 Å². The molecule has 0 saturated carbocycles. The highest BCUT2D eigenvalue weighted by molar-refractivity contribution is 5.37. The average Bonchev–Trinajstić information content (AvgIpc) is 2.28. The molecular formula is C13H19NO2. The zero-order valence-electron chi connectivity index (χ0n) is 9.72. The van der Waals surface area contributed by atoms with Crippen molar-refractivity contribution in [3.8, 4) is 11.5 Å².